The van der Waals surface area contributed by atoms with Crippen LogP contribution in [0.3, 0.4) is 0 Å². The van der Waals surface area contributed by atoms with Gasteiger partial charge in [0.15, 0.2) is 0 Å². The van der Waals surface area contributed by atoms with E-state index < -0.39 is 5.97 Å². The molecule has 2 aromatic heterocycles. The third kappa shape index (κ3) is 2.56. The molecule has 2 rings (SSSR count). The lowest BCUT2D eigenvalue weighted by Crippen LogP contribution is -2.16. The largest absolute Gasteiger partial charge is 0.481 e. The van der Waals surface area contributed by atoms with E-state index in [0.717, 1.165) is 8.66 Å². The Morgan fingerprint density at radius 1 is 1.56 bits per heavy atom. The van der Waals surface area contributed by atoms with Crippen LogP contribution in [0.2, 0.25) is 0 Å². The summed E-state index contributed by atoms with van der Waals surface area (Å²) in [5.74, 6) is -0.906. The third-order valence-electron chi connectivity index (χ3n) is 2.55. The summed E-state index contributed by atoms with van der Waals surface area (Å²) in [7, 11) is 1.62. The fourth-order valence-electron chi connectivity index (χ4n) is 1.71. The maximum absolute atomic E-state index is 11.9. The molecule has 0 aliphatic rings. The van der Waals surface area contributed by atoms with Gasteiger partial charge in [-0.3, -0.25) is 19.4 Å². The summed E-state index contributed by atoms with van der Waals surface area (Å²) in [4.78, 5) is 23.4. The molecule has 2 N–H and O–H groups in total. The van der Waals surface area contributed by atoms with E-state index in [0.29, 0.717) is 11.3 Å². The number of nitrogens with one attached hydrogen (secondary N) is 1. The van der Waals surface area contributed by atoms with Crippen molar-refractivity contribution in [3.05, 3.63) is 31.8 Å². The Labute approximate surface area is 115 Å². The summed E-state index contributed by atoms with van der Waals surface area (Å²) in [6.07, 6.45) is 0.184. The maximum atomic E-state index is 11.9. The van der Waals surface area contributed by atoms with Gasteiger partial charge in [-0.25, -0.2) is 0 Å². The molecular weight excluding hydrogens is 320 g/mol. The second-order valence-corrected chi connectivity index (χ2v) is 6.29. The smallest absolute Gasteiger partial charge is 0.303 e. The van der Waals surface area contributed by atoms with E-state index in [-0.39, 0.29) is 18.4 Å². The molecule has 5 nitrogen and oxygen atoms in total. The number of carbonyl (C=O) groups is 1. The molecule has 96 valence electrons. The number of nitrogens with zero attached hydrogens (tertiary/aromatic N) is 1. The fourth-order valence-corrected chi connectivity index (χ4v) is 3.12. The van der Waals surface area contributed by atoms with Crippen molar-refractivity contribution < 1.29 is 9.90 Å². The zero-order valence-corrected chi connectivity index (χ0v) is 12.0. The van der Waals surface area contributed by atoms with E-state index in [1.807, 2.05) is 12.1 Å². The molecule has 0 unspecified atom stereocenters. The van der Waals surface area contributed by atoms with Crippen molar-refractivity contribution in [2.45, 2.75) is 12.8 Å². The number of hydrogen-bond donors (Lipinski definition) is 2. The van der Waals surface area contributed by atoms with Crippen molar-refractivity contribution >= 4 is 33.2 Å². The number of hydrogen-bond acceptors (Lipinski definition) is 3. The van der Waals surface area contributed by atoms with Gasteiger partial charge in [-0.2, -0.15) is 0 Å². The van der Waals surface area contributed by atoms with E-state index in [9.17, 15) is 9.59 Å². The Morgan fingerprint density at radius 2 is 2.28 bits per heavy atom. The lowest BCUT2D eigenvalue weighted by Gasteiger charge is -1.97. The highest BCUT2D eigenvalue weighted by Gasteiger charge is 2.16. The first-order chi connectivity index (χ1) is 8.49. The number of rotatable bonds is 4. The van der Waals surface area contributed by atoms with Crippen molar-refractivity contribution in [2.75, 3.05) is 0 Å². The van der Waals surface area contributed by atoms with E-state index >= 15 is 0 Å². The summed E-state index contributed by atoms with van der Waals surface area (Å²) in [6.45, 7) is 0. The Kier molecular flexibility index (Phi) is 3.72. The number of H-pyrrole nitrogens is 1. The minimum absolute atomic E-state index is 0.0490. The minimum atomic E-state index is -0.906. The van der Waals surface area contributed by atoms with Crippen LogP contribution in [0.5, 0.6) is 0 Å². The van der Waals surface area contributed by atoms with Crippen molar-refractivity contribution in [1.29, 1.82) is 0 Å². The number of aromatic nitrogens is 2. The van der Waals surface area contributed by atoms with Gasteiger partial charge in [-0.1, -0.05) is 0 Å². The zero-order chi connectivity index (χ0) is 13.3. The summed E-state index contributed by atoms with van der Waals surface area (Å²) in [5.41, 5.74) is 1.06. The van der Waals surface area contributed by atoms with Gasteiger partial charge in [0.25, 0.3) is 5.56 Å². The molecule has 0 aromatic carbocycles. The number of carboxylic acid groups (broad SMARTS) is 1. The van der Waals surface area contributed by atoms with Crippen molar-refractivity contribution in [1.82, 2.24) is 9.78 Å². The van der Waals surface area contributed by atoms with Gasteiger partial charge < -0.3 is 5.11 Å². The molecule has 7 heteroatoms. The van der Waals surface area contributed by atoms with Crippen LogP contribution in [-0.4, -0.2) is 20.9 Å². The minimum Gasteiger partial charge on any atom is -0.481 e. The molecular formula is C11H11BrN2O3S. The molecule has 0 aliphatic heterocycles. The Bertz CT molecular complexity index is 641. The fraction of sp³-hybridized carbons (Fsp3) is 0.273. The highest BCUT2D eigenvalue weighted by Crippen LogP contribution is 2.31. The van der Waals surface area contributed by atoms with Crippen LogP contribution in [0, 0.1) is 0 Å². The van der Waals surface area contributed by atoms with Crippen LogP contribution >= 0.6 is 27.3 Å². The first-order valence-electron chi connectivity index (χ1n) is 5.24. The molecule has 0 spiro atoms. The second-order valence-electron chi connectivity index (χ2n) is 3.83. The topological polar surface area (TPSA) is 75.1 Å². The average molecular weight is 331 g/mol. The Morgan fingerprint density at radius 3 is 2.83 bits per heavy atom. The molecule has 0 radical (unpaired) electrons. The predicted octanol–water partition coefficient (Wildman–Crippen LogP) is 2.22. The Hall–Kier alpha value is -1.34. The van der Waals surface area contributed by atoms with Crippen molar-refractivity contribution in [2.24, 2.45) is 7.05 Å². The van der Waals surface area contributed by atoms with Gasteiger partial charge in [0.05, 0.1) is 14.4 Å². The van der Waals surface area contributed by atoms with Crippen LogP contribution in [0.25, 0.3) is 10.6 Å². The van der Waals surface area contributed by atoms with Crippen LogP contribution in [0.15, 0.2) is 20.7 Å². The third-order valence-corrected chi connectivity index (χ3v) is 4.19. The maximum Gasteiger partial charge on any atom is 0.303 e. The number of thiophene rings is 1. The molecule has 0 aliphatic carbocycles. The SMILES string of the molecule is Cn1[nH]c(-c2ccc(Br)s2)c(CCC(=O)O)c1=O. The number of carboxylic acids is 1. The summed E-state index contributed by atoms with van der Waals surface area (Å²) in [5, 5.41) is 11.7. The van der Waals surface area contributed by atoms with Crippen molar-refractivity contribution in [3.63, 3.8) is 0 Å². The summed E-state index contributed by atoms with van der Waals surface area (Å²) < 4.78 is 2.34. The zero-order valence-electron chi connectivity index (χ0n) is 9.57. The van der Waals surface area contributed by atoms with Gasteiger partial charge in [0, 0.05) is 19.0 Å². The molecule has 0 bridgehead atoms. The highest BCUT2D eigenvalue weighted by atomic mass is 79.9. The standard InChI is InChI=1S/C11H11BrN2O3S/c1-14-11(17)6(2-5-9(15)16)10(13-14)7-3-4-8(12)18-7/h3-4,13H,2,5H2,1H3,(H,15,16). The first kappa shape index (κ1) is 13.1. The molecule has 18 heavy (non-hydrogen) atoms. The lowest BCUT2D eigenvalue weighted by atomic mass is 10.1. The molecule has 0 amide bonds. The van der Waals surface area contributed by atoms with Crippen LogP contribution in [0.1, 0.15) is 12.0 Å². The van der Waals surface area contributed by atoms with Gasteiger partial charge >= 0.3 is 5.97 Å². The van der Waals surface area contributed by atoms with Crippen molar-refractivity contribution in [3.8, 4) is 10.6 Å². The molecule has 2 aromatic rings. The molecule has 2 heterocycles. The molecule has 0 saturated heterocycles. The average Bonchev–Trinajstić information content (AvgIpc) is 2.83. The monoisotopic (exact) mass is 330 g/mol. The van der Waals surface area contributed by atoms with Crippen LogP contribution in [0.4, 0.5) is 0 Å². The van der Waals surface area contributed by atoms with E-state index in [4.69, 9.17) is 5.11 Å². The van der Waals surface area contributed by atoms with Gasteiger partial charge in [-0.05, 0) is 34.5 Å². The van der Waals surface area contributed by atoms with Crippen LogP contribution < -0.4 is 5.56 Å². The van der Waals surface area contributed by atoms with Crippen LogP contribution in [-0.2, 0) is 18.3 Å². The quantitative estimate of drug-likeness (QED) is 0.902. The Balaban J connectivity index is 2.44. The number of aliphatic carboxylic acids is 1. The van der Waals surface area contributed by atoms with E-state index in [1.54, 1.807) is 7.05 Å². The summed E-state index contributed by atoms with van der Waals surface area (Å²) in [6, 6.07) is 3.79. The predicted molar refractivity (Wildman–Crippen MR) is 73.0 cm³/mol. The normalized spacial score (nSPS) is 10.8. The number of aromatic amines is 1. The number of aryl methyl sites for hydroxylation is 1. The van der Waals surface area contributed by atoms with Gasteiger partial charge in [-0.15, -0.1) is 11.3 Å². The van der Waals surface area contributed by atoms with Gasteiger partial charge in [0.1, 0.15) is 0 Å². The summed E-state index contributed by atoms with van der Waals surface area (Å²) >= 11 is 4.86. The second kappa shape index (κ2) is 5.11. The van der Waals surface area contributed by atoms with E-state index in [1.165, 1.54) is 16.0 Å². The lowest BCUT2D eigenvalue weighted by molar-refractivity contribution is -0.136. The van der Waals surface area contributed by atoms with Gasteiger partial charge in [0.2, 0.25) is 0 Å². The first-order valence-corrected chi connectivity index (χ1v) is 6.85. The molecule has 0 fully saturated rings. The number of halogens is 1. The highest BCUT2D eigenvalue weighted by molar-refractivity contribution is 9.11. The molecule has 0 atom stereocenters. The van der Waals surface area contributed by atoms with E-state index in [2.05, 4.69) is 21.0 Å². The molecule has 0 saturated carbocycles.